The maximum Gasteiger partial charge on any atom is 0.108 e. The molecule has 0 spiro atoms. The van der Waals surface area contributed by atoms with Gasteiger partial charge in [-0.1, -0.05) is 6.92 Å². The van der Waals surface area contributed by atoms with Crippen LogP contribution in [0.5, 0.6) is 0 Å². The summed E-state index contributed by atoms with van der Waals surface area (Å²) in [6.07, 6.45) is 8.54. The maximum atomic E-state index is 9.52. The molecule has 0 amide bonds. The Balaban J connectivity index is 1.58. The predicted molar refractivity (Wildman–Crippen MR) is 72.1 cm³/mol. The molecule has 2 atom stereocenters. The molecule has 2 unspecified atom stereocenters. The molecule has 0 aromatic heterocycles. The molecule has 100 valence electrons. The summed E-state index contributed by atoms with van der Waals surface area (Å²) < 4.78 is 0. The lowest BCUT2D eigenvalue weighted by Gasteiger charge is -2.35. The summed E-state index contributed by atoms with van der Waals surface area (Å²) in [6, 6.07) is 3.89. The van der Waals surface area contributed by atoms with Crippen molar-refractivity contribution in [1.82, 2.24) is 10.2 Å². The SMILES string of the molecule is CC1CCN(C2CCC(C#N)(NC3CC3)C2)CC1. The monoisotopic (exact) mass is 247 g/mol. The standard InChI is InChI=1S/C15H25N3/c1-12-5-8-18(9-6-12)14-4-7-15(10-14,11-16)17-13-2-3-13/h12-14,17H,2-10H2,1H3. The third-order valence-electron chi connectivity index (χ3n) is 5.09. The fourth-order valence-electron chi connectivity index (χ4n) is 3.61. The van der Waals surface area contributed by atoms with Crippen molar-refractivity contribution in [1.29, 1.82) is 5.26 Å². The molecule has 0 aromatic rings. The third-order valence-corrected chi connectivity index (χ3v) is 5.09. The summed E-state index contributed by atoms with van der Waals surface area (Å²) in [4.78, 5) is 2.65. The smallest absolute Gasteiger partial charge is 0.108 e. The number of nitrogens with one attached hydrogen (secondary N) is 1. The Morgan fingerprint density at radius 1 is 1.17 bits per heavy atom. The van der Waals surface area contributed by atoms with Crippen LogP contribution >= 0.6 is 0 Å². The molecule has 1 heterocycles. The number of hydrogen-bond acceptors (Lipinski definition) is 3. The van der Waals surface area contributed by atoms with Crippen LogP contribution in [0.3, 0.4) is 0 Å². The van der Waals surface area contributed by atoms with Gasteiger partial charge in [-0.3, -0.25) is 5.32 Å². The van der Waals surface area contributed by atoms with Crippen LogP contribution in [0.25, 0.3) is 0 Å². The molecule has 3 aliphatic rings. The normalized spacial score (nSPS) is 38.8. The average Bonchev–Trinajstić information content (AvgIpc) is 3.09. The fraction of sp³-hybridized carbons (Fsp3) is 0.933. The Morgan fingerprint density at radius 3 is 2.50 bits per heavy atom. The van der Waals surface area contributed by atoms with Crippen LogP contribution in [-0.2, 0) is 0 Å². The molecule has 0 bridgehead atoms. The summed E-state index contributed by atoms with van der Waals surface area (Å²) in [5, 5.41) is 13.1. The highest BCUT2D eigenvalue weighted by molar-refractivity contribution is 5.15. The molecule has 18 heavy (non-hydrogen) atoms. The van der Waals surface area contributed by atoms with Gasteiger partial charge >= 0.3 is 0 Å². The van der Waals surface area contributed by atoms with Crippen molar-refractivity contribution in [3.05, 3.63) is 0 Å². The summed E-state index contributed by atoms with van der Waals surface area (Å²) in [5.41, 5.74) is -0.200. The first-order valence-corrected chi connectivity index (χ1v) is 7.64. The van der Waals surface area contributed by atoms with Crippen molar-refractivity contribution < 1.29 is 0 Å². The minimum absolute atomic E-state index is 0.200. The Bertz CT molecular complexity index is 336. The molecule has 2 saturated carbocycles. The molecule has 2 aliphatic carbocycles. The quantitative estimate of drug-likeness (QED) is 0.831. The maximum absolute atomic E-state index is 9.52. The summed E-state index contributed by atoms with van der Waals surface area (Å²) in [5.74, 6) is 0.896. The van der Waals surface area contributed by atoms with E-state index in [1.165, 1.54) is 45.2 Å². The lowest BCUT2D eigenvalue weighted by molar-refractivity contribution is 0.136. The first-order chi connectivity index (χ1) is 8.71. The van der Waals surface area contributed by atoms with Crippen LogP contribution in [-0.4, -0.2) is 35.6 Å². The zero-order valence-corrected chi connectivity index (χ0v) is 11.5. The van der Waals surface area contributed by atoms with Gasteiger partial charge in [-0.2, -0.15) is 5.26 Å². The number of nitrogens with zero attached hydrogens (tertiary/aromatic N) is 2. The van der Waals surface area contributed by atoms with E-state index < -0.39 is 0 Å². The van der Waals surface area contributed by atoms with Gasteiger partial charge in [0.2, 0.25) is 0 Å². The first kappa shape index (κ1) is 12.4. The van der Waals surface area contributed by atoms with Crippen LogP contribution in [0.4, 0.5) is 0 Å². The number of likely N-dealkylation sites (tertiary alicyclic amines) is 1. The van der Waals surface area contributed by atoms with Gasteiger partial charge in [0.1, 0.15) is 5.54 Å². The molecule has 0 radical (unpaired) electrons. The van der Waals surface area contributed by atoms with E-state index in [4.69, 9.17) is 0 Å². The van der Waals surface area contributed by atoms with E-state index in [9.17, 15) is 5.26 Å². The van der Waals surface area contributed by atoms with Gasteiger partial charge in [-0.25, -0.2) is 0 Å². The van der Waals surface area contributed by atoms with Crippen LogP contribution in [0.2, 0.25) is 0 Å². The third kappa shape index (κ3) is 2.55. The van der Waals surface area contributed by atoms with Crippen LogP contribution in [0, 0.1) is 17.2 Å². The Labute approximate surface area is 111 Å². The van der Waals surface area contributed by atoms with E-state index in [1.807, 2.05) is 0 Å². The molecule has 3 rings (SSSR count). The van der Waals surface area contributed by atoms with E-state index in [2.05, 4.69) is 23.2 Å². The van der Waals surface area contributed by atoms with E-state index in [0.29, 0.717) is 12.1 Å². The number of piperidine rings is 1. The van der Waals surface area contributed by atoms with E-state index in [-0.39, 0.29) is 5.54 Å². The van der Waals surface area contributed by atoms with Crippen molar-refractivity contribution in [2.75, 3.05) is 13.1 Å². The largest absolute Gasteiger partial charge is 0.300 e. The van der Waals surface area contributed by atoms with E-state index in [0.717, 1.165) is 18.8 Å². The highest BCUT2D eigenvalue weighted by atomic mass is 15.2. The minimum atomic E-state index is -0.200. The minimum Gasteiger partial charge on any atom is -0.300 e. The van der Waals surface area contributed by atoms with Gasteiger partial charge in [-0.05, 0) is 64.0 Å². The molecule has 3 fully saturated rings. The second kappa shape index (κ2) is 4.83. The van der Waals surface area contributed by atoms with Gasteiger partial charge in [0.25, 0.3) is 0 Å². The summed E-state index contributed by atoms with van der Waals surface area (Å²) in [7, 11) is 0. The second-order valence-corrected chi connectivity index (χ2v) is 6.73. The zero-order chi connectivity index (χ0) is 12.6. The molecular weight excluding hydrogens is 222 g/mol. The number of rotatable bonds is 3. The lowest BCUT2D eigenvalue weighted by atomic mass is 9.96. The molecular formula is C15H25N3. The van der Waals surface area contributed by atoms with Crippen molar-refractivity contribution in [3.8, 4) is 6.07 Å². The van der Waals surface area contributed by atoms with Gasteiger partial charge in [0.15, 0.2) is 0 Å². The molecule has 3 nitrogen and oxygen atoms in total. The van der Waals surface area contributed by atoms with Crippen molar-refractivity contribution in [2.45, 2.75) is 69.5 Å². The topological polar surface area (TPSA) is 39.1 Å². The van der Waals surface area contributed by atoms with Crippen LogP contribution in [0.15, 0.2) is 0 Å². The van der Waals surface area contributed by atoms with E-state index in [1.54, 1.807) is 0 Å². The van der Waals surface area contributed by atoms with Crippen molar-refractivity contribution in [2.24, 2.45) is 5.92 Å². The van der Waals surface area contributed by atoms with Crippen molar-refractivity contribution in [3.63, 3.8) is 0 Å². The fourth-order valence-corrected chi connectivity index (χ4v) is 3.61. The molecule has 1 N–H and O–H groups in total. The highest BCUT2D eigenvalue weighted by Crippen LogP contribution is 2.37. The number of nitriles is 1. The number of hydrogen-bond donors (Lipinski definition) is 1. The Hall–Kier alpha value is -0.590. The first-order valence-electron chi connectivity index (χ1n) is 7.64. The molecule has 1 aliphatic heterocycles. The zero-order valence-electron chi connectivity index (χ0n) is 11.5. The predicted octanol–water partition coefficient (Wildman–Crippen LogP) is 2.29. The second-order valence-electron chi connectivity index (χ2n) is 6.73. The van der Waals surface area contributed by atoms with E-state index >= 15 is 0 Å². The average molecular weight is 247 g/mol. The lowest BCUT2D eigenvalue weighted by Crippen LogP contribution is -2.46. The molecule has 1 saturated heterocycles. The Morgan fingerprint density at radius 2 is 1.89 bits per heavy atom. The summed E-state index contributed by atoms with van der Waals surface area (Å²) in [6.45, 7) is 4.85. The summed E-state index contributed by atoms with van der Waals surface area (Å²) >= 11 is 0. The molecule has 3 heteroatoms. The van der Waals surface area contributed by atoms with Gasteiger partial charge < -0.3 is 4.90 Å². The van der Waals surface area contributed by atoms with Crippen LogP contribution in [0.1, 0.15) is 51.9 Å². The molecule has 0 aromatic carbocycles. The van der Waals surface area contributed by atoms with Gasteiger partial charge in [0.05, 0.1) is 6.07 Å². The van der Waals surface area contributed by atoms with Crippen molar-refractivity contribution >= 4 is 0 Å². The van der Waals surface area contributed by atoms with Gasteiger partial charge in [-0.15, -0.1) is 0 Å². The Kier molecular flexibility index (Phi) is 3.34. The highest BCUT2D eigenvalue weighted by Gasteiger charge is 2.44. The van der Waals surface area contributed by atoms with Crippen LogP contribution < -0.4 is 5.32 Å². The van der Waals surface area contributed by atoms with Gasteiger partial charge in [0, 0.05) is 12.1 Å².